The van der Waals surface area contributed by atoms with E-state index in [-0.39, 0.29) is 11.5 Å². The maximum absolute atomic E-state index is 5.13. The molecule has 2 atom stereocenters. The van der Waals surface area contributed by atoms with Crippen LogP contribution < -0.4 is 0 Å². The van der Waals surface area contributed by atoms with Crippen molar-refractivity contribution in [3.63, 3.8) is 0 Å². The Hall–Kier alpha value is -4.24. The lowest BCUT2D eigenvalue weighted by molar-refractivity contribution is 0.410. The van der Waals surface area contributed by atoms with Gasteiger partial charge < -0.3 is 4.57 Å². The van der Waals surface area contributed by atoms with Crippen molar-refractivity contribution in [2.45, 2.75) is 19.4 Å². The third-order valence-corrected chi connectivity index (χ3v) is 7.72. The quantitative estimate of drug-likeness (QED) is 0.272. The van der Waals surface area contributed by atoms with Crippen molar-refractivity contribution in [1.82, 2.24) is 9.55 Å². The van der Waals surface area contributed by atoms with Crippen LogP contribution in [0.2, 0.25) is 0 Å². The zero-order valence-corrected chi connectivity index (χ0v) is 19.8. The van der Waals surface area contributed by atoms with Crippen LogP contribution in [0.3, 0.4) is 0 Å². The van der Waals surface area contributed by atoms with Gasteiger partial charge in [-0.3, -0.25) is 9.98 Å². The second-order valence-electron chi connectivity index (χ2n) is 9.76. The zero-order valence-electron chi connectivity index (χ0n) is 19.8. The van der Waals surface area contributed by atoms with Crippen molar-refractivity contribution in [2.24, 2.45) is 10.9 Å². The minimum absolute atomic E-state index is 0.170. The van der Waals surface area contributed by atoms with Crippen LogP contribution in [0.15, 0.2) is 108 Å². The van der Waals surface area contributed by atoms with E-state index in [9.17, 15) is 0 Å². The molecule has 2 unspecified atom stereocenters. The molecule has 0 N–H and O–H groups in total. The topological polar surface area (TPSA) is 30.2 Å². The summed E-state index contributed by atoms with van der Waals surface area (Å²) < 4.78 is 2.38. The van der Waals surface area contributed by atoms with Crippen LogP contribution in [0.4, 0.5) is 0 Å². The number of allylic oxidation sites excluding steroid dienone is 1. The van der Waals surface area contributed by atoms with Crippen molar-refractivity contribution in [1.29, 1.82) is 0 Å². The summed E-state index contributed by atoms with van der Waals surface area (Å²) in [4.78, 5) is 9.56. The Morgan fingerprint density at radius 3 is 2.51 bits per heavy atom. The Labute approximate surface area is 204 Å². The summed E-state index contributed by atoms with van der Waals surface area (Å²) in [5, 5.41) is 2.53. The van der Waals surface area contributed by atoms with Crippen LogP contribution in [0.5, 0.6) is 0 Å². The van der Waals surface area contributed by atoms with E-state index in [0.29, 0.717) is 0 Å². The molecule has 5 aromatic rings. The Morgan fingerprint density at radius 1 is 0.857 bits per heavy atom. The van der Waals surface area contributed by atoms with E-state index in [4.69, 9.17) is 4.99 Å². The number of pyridine rings is 1. The van der Waals surface area contributed by atoms with E-state index < -0.39 is 0 Å². The van der Waals surface area contributed by atoms with Gasteiger partial charge in [-0.05, 0) is 84.7 Å². The molecule has 2 aliphatic rings. The van der Waals surface area contributed by atoms with E-state index in [1.165, 1.54) is 49.8 Å². The second-order valence-corrected chi connectivity index (χ2v) is 9.76. The highest BCUT2D eigenvalue weighted by molar-refractivity contribution is 6.11. The van der Waals surface area contributed by atoms with Gasteiger partial charge in [0.25, 0.3) is 0 Å². The first-order valence-corrected chi connectivity index (χ1v) is 12.1. The first-order chi connectivity index (χ1) is 17.1. The minimum Gasteiger partial charge on any atom is -0.309 e. The van der Waals surface area contributed by atoms with Crippen molar-refractivity contribution >= 4 is 39.7 Å². The van der Waals surface area contributed by atoms with E-state index in [1.807, 2.05) is 24.7 Å². The monoisotopic (exact) mass is 451 g/mol. The average Bonchev–Trinajstić information content (AvgIpc) is 3.21. The molecule has 0 fully saturated rings. The van der Waals surface area contributed by atoms with Gasteiger partial charge in [-0.2, -0.15) is 0 Å². The molecule has 0 saturated heterocycles. The highest BCUT2D eigenvalue weighted by Crippen LogP contribution is 2.53. The van der Waals surface area contributed by atoms with Gasteiger partial charge in [0.1, 0.15) is 0 Å². The molecule has 2 aromatic heterocycles. The van der Waals surface area contributed by atoms with Gasteiger partial charge in [0, 0.05) is 41.0 Å². The molecular weight excluding hydrogens is 426 g/mol. The lowest BCUT2D eigenvalue weighted by atomic mass is 9.65. The molecular formula is C32H25N3. The molecule has 1 aliphatic heterocycles. The first kappa shape index (κ1) is 20.2. The summed E-state index contributed by atoms with van der Waals surface area (Å²) in [6.07, 6.45) is 10.3. The summed E-state index contributed by atoms with van der Waals surface area (Å²) in [7, 11) is 0. The van der Waals surface area contributed by atoms with Crippen LogP contribution in [0, 0.1) is 5.92 Å². The van der Waals surface area contributed by atoms with E-state index in [1.54, 1.807) is 0 Å². The number of nitrogens with zero attached hydrogens (tertiary/aromatic N) is 3. The fourth-order valence-corrected chi connectivity index (χ4v) is 6.18. The fourth-order valence-electron chi connectivity index (χ4n) is 6.18. The van der Waals surface area contributed by atoms with Gasteiger partial charge in [0.05, 0.1) is 16.6 Å². The molecule has 0 amide bonds. The van der Waals surface area contributed by atoms with Crippen molar-refractivity contribution in [3.8, 4) is 5.69 Å². The third-order valence-electron chi connectivity index (χ3n) is 7.72. The lowest BCUT2D eigenvalue weighted by Crippen LogP contribution is -2.37. The molecule has 3 heteroatoms. The van der Waals surface area contributed by atoms with E-state index in [2.05, 4.69) is 108 Å². The number of hydrogen-bond donors (Lipinski definition) is 0. The number of rotatable bonds is 2. The molecule has 7 rings (SSSR count). The summed E-state index contributed by atoms with van der Waals surface area (Å²) in [5.41, 5.74) is 9.50. The number of para-hydroxylation sites is 2. The minimum atomic E-state index is -0.377. The molecule has 0 spiro atoms. The van der Waals surface area contributed by atoms with Crippen LogP contribution >= 0.6 is 0 Å². The Bertz CT molecular complexity index is 1700. The first-order valence-electron chi connectivity index (χ1n) is 12.1. The van der Waals surface area contributed by atoms with Crippen LogP contribution in [0.25, 0.3) is 39.1 Å². The van der Waals surface area contributed by atoms with Gasteiger partial charge in [-0.15, -0.1) is 0 Å². The smallest absolute Gasteiger partial charge is 0.0940 e. The zero-order chi connectivity index (χ0) is 23.6. The van der Waals surface area contributed by atoms with Crippen molar-refractivity contribution in [2.75, 3.05) is 0 Å². The standard InChI is InChI=1S/C32H25N3/c1-21-14-16-34-32(2)28-19-27-25-12-6-7-13-29(25)35(24-10-4-3-5-11-24)30(27)18-23(28)17-26(31(21)32)22-9-8-15-33-20-22/h3-20,31H,1-2H3. The highest BCUT2D eigenvalue weighted by atomic mass is 15.0. The summed E-state index contributed by atoms with van der Waals surface area (Å²) in [6, 6.07) is 28.3. The van der Waals surface area contributed by atoms with Gasteiger partial charge in [-0.25, -0.2) is 0 Å². The summed E-state index contributed by atoms with van der Waals surface area (Å²) in [5.74, 6) is 0.170. The molecule has 168 valence electrons. The molecule has 35 heavy (non-hydrogen) atoms. The fraction of sp³-hybridized carbons (Fsp3) is 0.125. The van der Waals surface area contributed by atoms with Crippen LogP contribution in [0.1, 0.15) is 30.5 Å². The second kappa shape index (κ2) is 7.38. The average molecular weight is 452 g/mol. The molecule has 3 heterocycles. The molecule has 3 nitrogen and oxygen atoms in total. The molecule has 0 saturated carbocycles. The maximum atomic E-state index is 5.13. The predicted molar refractivity (Wildman–Crippen MR) is 146 cm³/mol. The number of hydrogen-bond acceptors (Lipinski definition) is 2. The number of aromatic nitrogens is 2. The van der Waals surface area contributed by atoms with Crippen LogP contribution in [-0.4, -0.2) is 15.8 Å². The van der Waals surface area contributed by atoms with Crippen LogP contribution in [-0.2, 0) is 5.54 Å². The molecule has 0 bridgehead atoms. The molecule has 1 aliphatic carbocycles. The Balaban J connectivity index is 1.59. The molecule has 3 aromatic carbocycles. The maximum Gasteiger partial charge on any atom is 0.0940 e. The summed E-state index contributed by atoms with van der Waals surface area (Å²) >= 11 is 0. The summed E-state index contributed by atoms with van der Waals surface area (Å²) in [6.45, 7) is 4.51. The SMILES string of the molecule is CC1=CC=NC2(C)c3cc4c5ccccc5n(-c5ccccc5)c4cc3C=C(c3cccnc3)C12. The van der Waals surface area contributed by atoms with E-state index in [0.717, 1.165) is 5.56 Å². The number of fused-ring (bicyclic) bond motifs is 6. The van der Waals surface area contributed by atoms with Gasteiger partial charge in [0.15, 0.2) is 0 Å². The highest BCUT2D eigenvalue weighted by Gasteiger charge is 2.44. The number of benzene rings is 3. The van der Waals surface area contributed by atoms with Gasteiger partial charge in [-0.1, -0.05) is 48.0 Å². The number of aliphatic imine (C=N–C) groups is 1. The lowest BCUT2D eigenvalue weighted by Gasteiger charge is -2.43. The predicted octanol–water partition coefficient (Wildman–Crippen LogP) is 7.60. The Morgan fingerprint density at radius 2 is 1.69 bits per heavy atom. The van der Waals surface area contributed by atoms with Crippen molar-refractivity contribution < 1.29 is 0 Å². The van der Waals surface area contributed by atoms with E-state index >= 15 is 0 Å². The third kappa shape index (κ3) is 2.85. The van der Waals surface area contributed by atoms with Crippen molar-refractivity contribution in [3.05, 3.63) is 120 Å². The largest absolute Gasteiger partial charge is 0.309 e. The van der Waals surface area contributed by atoms with Gasteiger partial charge >= 0.3 is 0 Å². The van der Waals surface area contributed by atoms with Gasteiger partial charge in [0.2, 0.25) is 0 Å². The number of dihydropyridines is 1. The Kier molecular flexibility index (Phi) is 4.25. The molecule has 0 radical (unpaired) electrons. The normalized spacial score (nSPS) is 20.9.